The predicted octanol–water partition coefficient (Wildman–Crippen LogP) is 7.57. The van der Waals surface area contributed by atoms with Crippen molar-refractivity contribution in [1.29, 1.82) is 0 Å². The third-order valence-corrected chi connectivity index (χ3v) is 9.09. The summed E-state index contributed by atoms with van der Waals surface area (Å²) in [6.07, 6.45) is 10.0. The zero-order valence-electron chi connectivity index (χ0n) is 27.5. The van der Waals surface area contributed by atoms with E-state index in [-0.39, 0.29) is 25.1 Å². The number of carbonyl (C=O) groups excluding carboxylic acids is 1. The molecule has 9 heteroatoms. The summed E-state index contributed by atoms with van der Waals surface area (Å²) in [5, 5.41) is 12.2. The van der Waals surface area contributed by atoms with Crippen molar-refractivity contribution in [1.82, 2.24) is 0 Å². The highest BCUT2D eigenvalue weighted by molar-refractivity contribution is 5.89. The third-order valence-electron chi connectivity index (χ3n) is 9.09. The summed E-state index contributed by atoms with van der Waals surface area (Å²) in [6.45, 7) is 5.96. The Bertz CT molecular complexity index is 1290. The summed E-state index contributed by atoms with van der Waals surface area (Å²) >= 11 is 0. The lowest BCUT2D eigenvalue weighted by Gasteiger charge is -2.41. The molecule has 1 N–H and O–H groups in total. The fraction of sp³-hybridized carbons (Fsp3) is 0.629. The molecule has 0 spiro atoms. The Labute approximate surface area is 262 Å². The van der Waals surface area contributed by atoms with Crippen LogP contribution in [-0.4, -0.2) is 51.9 Å². The first-order valence-electron chi connectivity index (χ1n) is 16.0. The van der Waals surface area contributed by atoms with Crippen LogP contribution in [0, 0.1) is 5.92 Å². The van der Waals surface area contributed by atoms with Crippen LogP contribution in [0.15, 0.2) is 12.1 Å². The average molecular weight is 615 g/mol. The van der Waals surface area contributed by atoms with Gasteiger partial charge in [-0.25, -0.2) is 0 Å². The van der Waals surface area contributed by atoms with Crippen LogP contribution in [0.3, 0.4) is 0 Å². The summed E-state index contributed by atoms with van der Waals surface area (Å²) in [7, 11) is 6.19. The van der Waals surface area contributed by atoms with E-state index in [4.69, 9.17) is 33.2 Å². The highest BCUT2D eigenvalue weighted by atomic mass is 16.7. The maximum absolute atomic E-state index is 13.4. The summed E-state index contributed by atoms with van der Waals surface area (Å²) in [6, 6.07) is 3.68. The summed E-state index contributed by atoms with van der Waals surface area (Å²) < 4.78 is 41.2. The molecule has 1 heterocycles. The van der Waals surface area contributed by atoms with Gasteiger partial charge in [-0.05, 0) is 43.4 Å². The van der Waals surface area contributed by atoms with E-state index >= 15 is 0 Å². The fourth-order valence-electron chi connectivity index (χ4n) is 6.40. The molecule has 0 unspecified atom stereocenters. The van der Waals surface area contributed by atoms with E-state index in [1.807, 2.05) is 13.0 Å². The van der Waals surface area contributed by atoms with Crippen molar-refractivity contribution in [2.24, 2.45) is 5.92 Å². The number of hydrogen-bond acceptors (Lipinski definition) is 9. The van der Waals surface area contributed by atoms with Crippen LogP contribution in [0.25, 0.3) is 11.1 Å². The molecule has 0 saturated carbocycles. The quantitative estimate of drug-likeness (QED) is 0.161. The highest BCUT2D eigenvalue weighted by Crippen LogP contribution is 2.59. The van der Waals surface area contributed by atoms with E-state index in [0.29, 0.717) is 57.6 Å². The molecular formula is C35H50O9. The first-order chi connectivity index (χ1) is 21.2. The lowest BCUT2D eigenvalue weighted by molar-refractivity contribution is -0.171. The summed E-state index contributed by atoms with van der Waals surface area (Å²) in [5.41, 5.74) is 1.21. The molecule has 2 aromatic rings. The molecule has 0 radical (unpaired) electrons. The topological polar surface area (TPSA) is 102 Å². The average Bonchev–Trinajstić information content (AvgIpc) is 3.49. The van der Waals surface area contributed by atoms with E-state index in [2.05, 4.69) is 6.92 Å². The Morgan fingerprint density at radius 3 is 2.11 bits per heavy atom. The maximum atomic E-state index is 13.4. The molecule has 4 rings (SSSR count). The van der Waals surface area contributed by atoms with Crippen LogP contribution in [0.2, 0.25) is 0 Å². The summed E-state index contributed by atoms with van der Waals surface area (Å²) in [4.78, 5) is 13.4. The minimum Gasteiger partial charge on any atom is -0.493 e. The third kappa shape index (κ3) is 6.82. The van der Waals surface area contributed by atoms with E-state index in [0.717, 1.165) is 24.8 Å². The second-order valence-corrected chi connectivity index (χ2v) is 12.1. The lowest BCUT2D eigenvalue weighted by Crippen LogP contribution is -2.43. The van der Waals surface area contributed by atoms with E-state index in [1.165, 1.54) is 52.7 Å². The minimum atomic E-state index is -1.45. The predicted molar refractivity (Wildman–Crippen MR) is 168 cm³/mol. The largest absolute Gasteiger partial charge is 0.493 e. The Morgan fingerprint density at radius 2 is 1.50 bits per heavy atom. The first kappa shape index (κ1) is 33.6. The fourth-order valence-corrected chi connectivity index (χ4v) is 6.40. The molecule has 2 aliphatic rings. The monoisotopic (exact) mass is 614 g/mol. The Morgan fingerprint density at radius 1 is 0.864 bits per heavy atom. The van der Waals surface area contributed by atoms with Gasteiger partial charge in [0.15, 0.2) is 29.1 Å². The number of ether oxygens (including phenoxy) is 7. The van der Waals surface area contributed by atoms with Crippen LogP contribution >= 0.6 is 0 Å². The van der Waals surface area contributed by atoms with Crippen molar-refractivity contribution in [3.63, 3.8) is 0 Å². The Kier molecular flexibility index (Phi) is 11.5. The van der Waals surface area contributed by atoms with Crippen molar-refractivity contribution < 1.29 is 43.1 Å². The van der Waals surface area contributed by atoms with E-state index < -0.39 is 11.7 Å². The lowest BCUT2D eigenvalue weighted by atomic mass is 9.73. The number of unbranched alkanes of at least 4 members (excludes halogenated alkanes) is 8. The van der Waals surface area contributed by atoms with Crippen molar-refractivity contribution in [2.75, 3.05) is 35.2 Å². The van der Waals surface area contributed by atoms with Gasteiger partial charge in [-0.3, -0.25) is 4.79 Å². The van der Waals surface area contributed by atoms with Gasteiger partial charge in [0.05, 0.1) is 28.4 Å². The minimum absolute atomic E-state index is 0.0663. The molecule has 1 aliphatic carbocycles. The molecule has 0 fully saturated rings. The molecule has 44 heavy (non-hydrogen) atoms. The number of fused-ring (bicyclic) bond motifs is 4. The zero-order chi connectivity index (χ0) is 31.9. The molecule has 9 nitrogen and oxygen atoms in total. The van der Waals surface area contributed by atoms with Crippen molar-refractivity contribution in [2.45, 2.75) is 103 Å². The van der Waals surface area contributed by atoms with Gasteiger partial charge in [-0.1, -0.05) is 65.2 Å². The van der Waals surface area contributed by atoms with Gasteiger partial charge in [0, 0.05) is 23.1 Å². The first-order valence-corrected chi connectivity index (χ1v) is 16.0. The van der Waals surface area contributed by atoms with Gasteiger partial charge < -0.3 is 38.3 Å². The smallest absolute Gasteiger partial charge is 0.306 e. The van der Waals surface area contributed by atoms with Gasteiger partial charge in [0.25, 0.3) is 0 Å². The number of carbonyl (C=O) groups is 1. The van der Waals surface area contributed by atoms with Crippen molar-refractivity contribution in [3.05, 3.63) is 23.3 Å². The van der Waals surface area contributed by atoms with Crippen LogP contribution in [0.1, 0.15) is 102 Å². The van der Waals surface area contributed by atoms with Crippen LogP contribution in [-0.2, 0) is 16.0 Å². The molecule has 0 amide bonds. The number of hydrogen-bond donors (Lipinski definition) is 1. The molecule has 244 valence electrons. The van der Waals surface area contributed by atoms with Gasteiger partial charge in [0.2, 0.25) is 18.3 Å². The van der Waals surface area contributed by atoms with Gasteiger partial charge in [0.1, 0.15) is 5.60 Å². The SMILES string of the molecule is CCCCCCCCCCCC(=O)O[C@H]1c2cc(OC)c(OC)c(OC)c2-c2c(cc3c(c2OC)OCO3)C[C@H](C)[C@]1(C)O. The van der Waals surface area contributed by atoms with Gasteiger partial charge in [-0.15, -0.1) is 0 Å². The molecule has 0 aromatic heterocycles. The molecule has 0 bridgehead atoms. The molecule has 3 atom stereocenters. The number of esters is 1. The molecule has 0 saturated heterocycles. The van der Waals surface area contributed by atoms with Gasteiger partial charge in [-0.2, -0.15) is 0 Å². The van der Waals surface area contributed by atoms with Gasteiger partial charge >= 0.3 is 5.97 Å². The standard InChI is InChI=1S/C35H50O9/c1-8-9-10-11-12-13-14-15-16-17-27(36)44-34-24-20-25(38-4)30(39-5)33(41-7)29(24)28-23(18-22(2)35(34,3)37)19-26-31(32(28)40-6)43-21-42-26/h19-20,22,34,37H,8-18,21H2,1-7H3/t22-,34-,35-/m0/s1. The number of aliphatic hydroxyl groups is 1. The second-order valence-electron chi connectivity index (χ2n) is 12.1. The molecular weight excluding hydrogens is 564 g/mol. The van der Waals surface area contributed by atoms with E-state index in [9.17, 15) is 9.90 Å². The van der Waals surface area contributed by atoms with Crippen LogP contribution in [0.4, 0.5) is 0 Å². The number of benzene rings is 2. The zero-order valence-corrected chi connectivity index (χ0v) is 27.5. The van der Waals surface area contributed by atoms with Crippen LogP contribution in [0.5, 0.6) is 34.5 Å². The summed E-state index contributed by atoms with van der Waals surface area (Å²) in [5.74, 6) is 1.94. The number of rotatable bonds is 15. The van der Waals surface area contributed by atoms with Crippen molar-refractivity contribution in [3.8, 4) is 45.6 Å². The van der Waals surface area contributed by atoms with Crippen molar-refractivity contribution >= 4 is 5.97 Å². The Balaban J connectivity index is 1.73. The maximum Gasteiger partial charge on any atom is 0.306 e. The Hall–Kier alpha value is -3.33. The van der Waals surface area contributed by atoms with E-state index in [1.54, 1.807) is 27.2 Å². The number of methoxy groups -OCH3 is 4. The molecule has 2 aromatic carbocycles. The normalized spacial score (nSPS) is 20.2. The highest BCUT2D eigenvalue weighted by Gasteiger charge is 2.47. The molecule has 1 aliphatic heterocycles. The second kappa shape index (κ2) is 15.1. The van der Waals surface area contributed by atoms with Crippen LogP contribution < -0.4 is 28.4 Å².